The summed E-state index contributed by atoms with van der Waals surface area (Å²) < 4.78 is 28.7. The molecule has 0 radical (unpaired) electrons. The summed E-state index contributed by atoms with van der Waals surface area (Å²) in [5.74, 6) is 0.101. The molecule has 0 aliphatic rings. The molecule has 1 aromatic rings. The molecule has 1 unspecified atom stereocenters. The van der Waals surface area contributed by atoms with E-state index in [4.69, 9.17) is 15.2 Å². The van der Waals surface area contributed by atoms with Gasteiger partial charge in [0.1, 0.15) is 5.82 Å². The minimum Gasteiger partial charge on any atom is -0.493 e. The predicted octanol–water partition coefficient (Wildman–Crippen LogP) is 2.58. The van der Waals surface area contributed by atoms with Gasteiger partial charge in [-0.2, -0.15) is 0 Å². The average Bonchev–Trinajstić information content (AvgIpc) is 2.50. The molecule has 2 N–H and O–H groups in total. The summed E-state index contributed by atoms with van der Waals surface area (Å²) in [6.45, 7) is 0. The highest BCUT2D eigenvalue weighted by Gasteiger charge is 2.16. The first-order valence-electron chi connectivity index (χ1n) is 6.77. The SMILES string of the molecule is COC(=O)CCCCC(N)c1cc(OC)c(OC)cc1F. The van der Waals surface area contributed by atoms with Crippen molar-refractivity contribution in [3.05, 3.63) is 23.5 Å². The fourth-order valence-electron chi connectivity index (χ4n) is 2.05. The van der Waals surface area contributed by atoms with E-state index in [1.807, 2.05) is 0 Å². The first-order chi connectivity index (χ1) is 10.0. The number of benzene rings is 1. The summed E-state index contributed by atoms with van der Waals surface area (Å²) in [4.78, 5) is 11.0. The lowest BCUT2D eigenvalue weighted by atomic mass is 10.00. The summed E-state index contributed by atoms with van der Waals surface area (Å²) in [6.07, 6.45) is 2.29. The molecule has 0 aliphatic heterocycles. The van der Waals surface area contributed by atoms with Crippen molar-refractivity contribution in [2.24, 2.45) is 5.73 Å². The van der Waals surface area contributed by atoms with E-state index < -0.39 is 11.9 Å². The molecule has 0 spiro atoms. The van der Waals surface area contributed by atoms with E-state index in [9.17, 15) is 9.18 Å². The van der Waals surface area contributed by atoms with Crippen LogP contribution in [-0.4, -0.2) is 27.3 Å². The van der Waals surface area contributed by atoms with Gasteiger partial charge in [-0.05, 0) is 18.9 Å². The molecule has 0 saturated heterocycles. The van der Waals surface area contributed by atoms with Crippen LogP contribution in [0.25, 0.3) is 0 Å². The first kappa shape index (κ1) is 17.2. The molecule has 21 heavy (non-hydrogen) atoms. The average molecular weight is 299 g/mol. The van der Waals surface area contributed by atoms with Crippen molar-refractivity contribution in [2.45, 2.75) is 31.7 Å². The van der Waals surface area contributed by atoms with E-state index in [1.165, 1.54) is 27.4 Å². The Morgan fingerprint density at radius 1 is 1.19 bits per heavy atom. The third-order valence-corrected chi connectivity index (χ3v) is 3.28. The highest BCUT2D eigenvalue weighted by molar-refractivity contribution is 5.68. The number of hydrogen-bond acceptors (Lipinski definition) is 5. The molecule has 0 fully saturated rings. The van der Waals surface area contributed by atoms with Gasteiger partial charge in [0.25, 0.3) is 0 Å². The number of carbonyl (C=O) groups excluding carboxylic acids is 1. The van der Waals surface area contributed by atoms with Gasteiger partial charge in [0.05, 0.1) is 21.3 Å². The van der Waals surface area contributed by atoms with Crippen molar-refractivity contribution in [1.29, 1.82) is 0 Å². The summed E-state index contributed by atoms with van der Waals surface area (Å²) >= 11 is 0. The quantitative estimate of drug-likeness (QED) is 0.590. The van der Waals surface area contributed by atoms with E-state index in [-0.39, 0.29) is 5.97 Å². The summed E-state index contributed by atoms with van der Waals surface area (Å²) in [6, 6.07) is 2.36. The Morgan fingerprint density at radius 3 is 2.38 bits per heavy atom. The first-order valence-corrected chi connectivity index (χ1v) is 6.77. The largest absolute Gasteiger partial charge is 0.493 e. The molecule has 6 heteroatoms. The van der Waals surface area contributed by atoms with Crippen LogP contribution in [0.2, 0.25) is 0 Å². The van der Waals surface area contributed by atoms with Crippen LogP contribution in [0, 0.1) is 5.82 Å². The number of nitrogens with two attached hydrogens (primary N) is 1. The Morgan fingerprint density at radius 2 is 1.81 bits per heavy atom. The zero-order chi connectivity index (χ0) is 15.8. The predicted molar refractivity (Wildman–Crippen MR) is 76.9 cm³/mol. The second-order valence-corrected chi connectivity index (χ2v) is 4.66. The van der Waals surface area contributed by atoms with E-state index in [1.54, 1.807) is 6.07 Å². The minimum absolute atomic E-state index is 0.249. The van der Waals surface area contributed by atoms with E-state index in [2.05, 4.69) is 4.74 Å². The lowest BCUT2D eigenvalue weighted by Gasteiger charge is -2.16. The van der Waals surface area contributed by atoms with Crippen molar-refractivity contribution in [3.63, 3.8) is 0 Å². The van der Waals surface area contributed by atoms with Crippen LogP contribution >= 0.6 is 0 Å². The van der Waals surface area contributed by atoms with Gasteiger partial charge in [0, 0.05) is 24.1 Å². The van der Waals surface area contributed by atoms with Crippen molar-refractivity contribution < 1.29 is 23.4 Å². The van der Waals surface area contributed by atoms with Gasteiger partial charge < -0.3 is 19.9 Å². The fraction of sp³-hybridized carbons (Fsp3) is 0.533. The van der Waals surface area contributed by atoms with Crippen molar-refractivity contribution in [1.82, 2.24) is 0 Å². The van der Waals surface area contributed by atoms with E-state index in [0.29, 0.717) is 42.7 Å². The summed E-state index contributed by atoms with van der Waals surface area (Å²) in [5, 5.41) is 0. The molecular weight excluding hydrogens is 277 g/mol. The Bertz CT molecular complexity index is 479. The number of unbranched alkanes of at least 4 members (excludes halogenated alkanes) is 1. The molecule has 0 amide bonds. The molecule has 1 rings (SSSR count). The number of halogens is 1. The lowest BCUT2D eigenvalue weighted by molar-refractivity contribution is -0.140. The molecule has 5 nitrogen and oxygen atoms in total. The normalized spacial score (nSPS) is 11.9. The van der Waals surface area contributed by atoms with Crippen molar-refractivity contribution in [2.75, 3.05) is 21.3 Å². The third kappa shape index (κ3) is 4.90. The number of methoxy groups -OCH3 is 3. The highest BCUT2D eigenvalue weighted by Crippen LogP contribution is 2.33. The van der Waals surface area contributed by atoms with Gasteiger partial charge in [0.15, 0.2) is 11.5 Å². The van der Waals surface area contributed by atoms with Crippen molar-refractivity contribution >= 4 is 5.97 Å². The second-order valence-electron chi connectivity index (χ2n) is 4.66. The third-order valence-electron chi connectivity index (χ3n) is 3.28. The Labute approximate surface area is 124 Å². The van der Waals surface area contributed by atoms with Gasteiger partial charge in [0.2, 0.25) is 0 Å². The van der Waals surface area contributed by atoms with Gasteiger partial charge in [-0.3, -0.25) is 4.79 Å². The molecule has 0 aliphatic carbocycles. The van der Waals surface area contributed by atoms with Gasteiger partial charge in [-0.25, -0.2) is 4.39 Å². The van der Waals surface area contributed by atoms with Crippen molar-refractivity contribution in [3.8, 4) is 11.5 Å². The molecule has 0 bridgehead atoms. The number of carbonyl (C=O) groups is 1. The van der Waals surface area contributed by atoms with Gasteiger partial charge in [-0.1, -0.05) is 6.42 Å². The van der Waals surface area contributed by atoms with Crippen LogP contribution in [0.15, 0.2) is 12.1 Å². The number of ether oxygens (including phenoxy) is 3. The zero-order valence-electron chi connectivity index (χ0n) is 12.6. The smallest absolute Gasteiger partial charge is 0.305 e. The van der Waals surface area contributed by atoms with Gasteiger partial charge >= 0.3 is 5.97 Å². The maximum atomic E-state index is 14.0. The maximum absolute atomic E-state index is 14.0. The molecule has 0 heterocycles. The number of rotatable bonds is 8. The molecule has 0 saturated carbocycles. The van der Waals surface area contributed by atoms with Crippen LogP contribution in [0.4, 0.5) is 4.39 Å². The summed E-state index contributed by atoms with van der Waals surface area (Å²) in [7, 11) is 4.29. The monoisotopic (exact) mass is 299 g/mol. The topological polar surface area (TPSA) is 70.8 Å². The highest BCUT2D eigenvalue weighted by atomic mass is 19.1. The molecule has 118 valence electrons. The molecule has 1 aromatic carbocycles. The van der Waals surface area contributed by atoms with Crippen LogP contribution in [0.5, 0.6) is 11.5 Å². The second kappa shape index (κ2) is 8.46. The van der Waals surface area contributed by atoms with Crippen LogP contribution in [0.1, 0.15) is 37.3 Å². The van der Waals surface area contributed by atoms with E-state index >= 15 is 0 Å². The molecular formula is C15H22FNO4. The standard InChI is InChI=1S/C15H22FNO4/c1-19-13-8-10(11(16)9-14(13)20-2)12(17)6-4-5-7-15(18)21-3/h8-9,12H,4-7,17H2,1-3H3. The molecule has 1 atom stereocenters. The fourth-order valence-corrected chi connectivity index (χ4v) is 2.05. The number of hydrogen-bond donors (Lipinski definition) is 1. The maximum Gasteiger partial charge on any atom is 0.305 e. The molecule has 0 aromatic heterocycles. The minimum atomic E-state index is -0.456. The lowest BCUT2D eigenvalue weighted by Crippen LogP contribution is -2.13. The van der Waals surface area contributed by atoms with Crippen LogP contribution < -0.4 is 15.2 Å². The summed E-state index contributed by atoms with van der Waals surface area (Å²) in [5.41, 5.74) is 6.39. The zero-order valence-corrected chi connectivity index (χ0v) is 12.6. The van der Waals surface area contributed by atoms with Crippen LogP contribution in [-0.2, 0) is 9.53 Å². The Hall–Kier alpha value is -1.82. The Balaban J connectivity index is 2.65. The van der Waals surface area contributed by atoms with Gasteiger partial charge in [-0.15, -0.1) is 0 Å². The van der Waals surface area contributed by atoms with E-state index in [0.717, 1.165) is 0 Å². The van der Waals surface area contributed by atoms with Crippen LogP contribution in [0.3, 0.4) is 0 Å². The number of esters is 1. The Kier molecular flexibility index (Phi) is 6.94.